The lowest BCUT2D eigenvalue weighted by molar-refractivity contribution is 0.159. The number of hydrogen-bond donors (Lipinski definition) is 1. The Labute approximate surface area is 70.0 Å². The van der Waals surface area contributed by atoms with E-state index >= 15 is 0 Å². The van der Waals surface area contributed by atoms with Gasteiger partial charge in [0.15, 0.2) is 0 Å². The van der Waals surface area contributed by atoms with Crippen LogP contribution in [0.15, 0.2) is 0 Å². The first-order valence-corrected chi connectivity index (χ1v) is 4.59. The Bertz CT molecular complexity index is 115. The van der Waals surface area contributed by atoms with Crippen molar-refractivity contribution < 1.29 is 0 Å². The molecule has 1 saturated heterocycles. The Hall–Kier alpha value is -0.0800. The Morgan fingerprint density at radius 2 is 2.18 bits per heavy atom. The van der Waals surface area contributed by atoms with E-state index in [4.69, 9.17) is 0 Å². The van der Waals surface area contributed by atoms with Crippen molar-refractivity contribution in [3.05, 3.63) is 0 Å². The van der Waals surface area contributed by atoms with Gasteiger partial charge >= 0.3 is 0 Å². The summed E-state index contributed by atoms with van der Waals surface area (Å²) in [4.78, 5) is 2.39. The summed E-state index contributed by atoms with van der Waals surface area (Å²) in [7, 11) is 4.39. The van der Waals surface area contributed by atoms with Gasteiger partial charge in [0.1, 0.15) is 0 Å². The van der Waals surface area contributed by atoms with Gasteiger partial charge in [-0.3, -0.25) is 0 Å². The topological polar surface area (TPSA) is 15.3 Å². The third-order valence-electron chi connectivity index (χ3n) is 2.89. The van der Waals surface area contributed by atoms with Crippen molar-refractivity contribution in [1.82, 2.24) is 10.2 Å². The Morgan fingerprint density at radius 3 is 2.55 bits per heavy atom. The minimum absolute atomic E-state index is 0.467. The van der Waals surface area contributed by atoms with E-state index in [1.54, 1.807) is 0 Å². The molecule has 1 atom stereocenters. The first-order chi connectivity index (χ1) is 5.21. The van der Waals surface area contributed by atoms with Gasteiger partial charge in [-0.05, 0) is 33.5 Å². The standard InChI is InChI=1S/C9H20N2/c1-4-5-9(11(2)3)6-7-10-8-9/h10H,4-8H2,1-3H3/t9-/m1/s1. The highest BCUT2D eigenvalue weighted by Gasteiger charge is 2.34. The fourth-order valence-corrected chi connectivity index (χ4v) is 2.01. The van der Waals surface area contributed by atoms with Crippen LogP contribution in [0.1, 0.15) is 26.2 Å². The fourth-order valence-electron chi connectivity index (χ4n) is 2.01. The van der Waals surface area contributed by atoms with E-state index in [1.807, 2.05) is 0 Å². The summed E-state index contributed by atoms with van der Waals surface area (Å²) in [5.41, 5.74) is 0.467. The highest BCUT2D eigenvalue weighted by molar-refractivity contribution is 4.94. The van der Waals surface area contributed by atoms with Gasteiger partial charge in [-0.2, -0.15) is 0 Å². The van der Waals surface area contributed by atoms with Gasteiger partial charge < -0.3 is 10.2 Å². The van der Waals surface area contributed by atoms with Crippen LogP contribution in [0.3, 0.4) is 0 Å². The van der Waals surface area contributed by atoms with Gasteiger partial charge in [-0.1, -0.05) is 13.3 Å². The Morgan fingerprint density at radius 1 is 1.45 bits per heavy atom. The van der Waals surface area contributed by atoms with Crippen LogP contribution >= 0.6 is 0 Å². The van der Waals surface area contributed by atoms with E-state index < -0.39 is 0 Å². The monoisotopic (exact) mass is 156 g/mol. The molecular formula is C9H20N2. The summed E-state index contributed by atoms with van der Waals surface area (Å²) < 4.78 is 0. The molecule has 2 heteroatoms. The van der Waals surface area contributed by atoms with Gasteiger partial charge in [0.05, 0.1) is 0 Å². The minimum Gasteiger partial charge on any atom is -0.315 e. The second-order valence-electron chi connectivity index (χ2n) is 3.80. The molecule has 2 nitrogen and oxygen atoms in total. The van der Waals surface area contributed by atoms with Crippen molar-refractivity contribution in [1.29, 1.82) is 0 Å². The predicted molar refractivity (Wildman–Crippen MR) is 48.8 cm³/mol. The molecule has 0 saturated carbocycles. The molecule has 0 radical (unpaired) electrons. The lowest BCUT2D eigenvalue weighted by Crippen LogP contribution is -2.45. The maximum atomic E-state index is 3.44. The maximum Gasteiger partial charge on any atom is 0.0339 e. The van der Waals surface area contributed by atoms with Crippen LogP contribution in [0.4, 0.5) is 0 Å². The summed E-state index contributed by atoms with van der Waals surface area (Å²) in [5.74, 6) is 0. The lowest BCUT2D eigenvalue weighted by atomic mass is 9.91. The van der Waals surface area contributed by atoms with E-state index in [9.17, 15) is 0 Å². The van der Waals surface area contributed by atoms with Crippen LogP contribution in [0.2, 0.25) is 0 Å². The van der Waals surface area contributed by atoms with Crippen LogP contribution in [-0.4, -0.2) is 37.6 Å². The normalized spacial score (nSPS) is 31.6. The summed E-state index contributed by atoms with van der Waals surface area (Å²) in [6, 6.07) is 0. The van der Waals surface area contributed by atoms with E-state index in [0.29, 0.717) is 5.54 Å². The van der Waals surface area contributed by atoms with Crippen molar-refractivity contribution in [3.63, 3.8) is 0 Å². The summed E-state index contributed by atoms with van der Waals surface area (Å²) in [5, 5.41) is 3.44. The first kappa shape index (κ1) is 9.01. The number of rotatable bonds is 3. The predicted octanol–water partition coefficient (Wildman–Crippen LogP) is 1.08. The van der Waals surface area contributed by atoms with E-state index in [2.05, 4.69) is 31.2 Å². The average molecular weight is 156 g/mol. The maximum absolute atomic E-state index is 3.44. The Kier molecular flexibility index (Phi) is 2.90. The van der Waals surface area contributed by atoms with Crippen molar-refractivity contribution >= 4 is 0 Å². The summed E-state index contributed by atoms with van der Waals surface area (Å²) >= 11 is 0. The second-order valence-corrected chi connectivity index (χ2v) is 3.80. The first-order valence-electron chi connectivity index (χ1n) is 4.59. The molecule has 0 spiro atoms. The molecule has 0 aromatic heterocycles. The van der Waals surface area contributed by atoms with Crippen molar-refractivity contribution in [2.45, 2.75) is 31.7 Å². The number of nitrogens with one attached hydrogen (secondary N) is 1. The van der Waals surface area contributed by atoms with Crippen molar-refractivity contribution in [2.24, 2.45) is 0 Å². The second kappa shape index (κ2) is 3.55. The summed E-state index contributed by atoms with van der Waals surface area (Å²) in [6.45, 7) is 4.63. The number of likely N-dealkylation sites (N-methyl/N-ethyl adjacent to an activating group) is 1. The van der Waals surface area contributed by atoms with Crippen LogP contribution in [0.25, 0.3) is 0 Å². The minimum atomic E-state index is 0.467. The molecule has 1 rings (SSSR count). The molecule has 1 N–H and O–H groups in total. The van der Waals surface area contributed by atoms with Crippen molar-refractivity contribution in [2.75, 3.05) is 27.2 Å². The van der Waals surface area contributed by atoms with E-state index in [-0.39, 0.29) is 0 Å². The van der Waals surface area contributed by atoms with Crippen molar-refractivity contribution in [3.8, 4) is 0 Å². The summed E-state index contributed by atoms with van der Waals surface area (Å²) in [6.07, 6.45) is 3.93. The largest absolute Gasteiger partial charge is 0.315 e. The van der Waals surface area contributed by atoms with Gasteiger partial charge in [-0.25, -0.2) is 0 Å². The third kappa shape index (κ3) is 1.74. The molecule has 0 amide bonds. The zero-order chi connectivity index (χ0) is 8.32. The molecule has 11 heavy (non-hydrogen) atoms. The number of nitrogens with zero attached hydrogens (tertiary/aromatic N) is 1. The van der Waals surface area contributed by atoms with Gasteiger partial charge in [-0.15, -0.1) is 0 Å². The highest BCUT2D eigenvalue weighted by Crippen LogP contribution is 2.25. The van der Waals surface area contributed by atoms with E-state index in [1.165, 1.54) is 32.4 Å². The van der Waals surface area contributed by atoms with Crippen LogP contribution in [0, 0.1) is 0 Å². The molecule has 0 aromatic rings. The molecule has 1 aliphatic heterocycles. The van der Waals surface area contributed by atoms with Crippen LogP contribution < -0.4 is 5.32 Å². The molecule has 1 aliphatic rings. The molecular weight excluding hydrogens is 136 g/mol. The van der Waals surface area contributed by atoms with Gasteiger partial charge in [0.25, 0.3) is 0 Å². The van der Waals surface area contributed by atoms with E-state index in [0.717, 1.165) is 0 Å². The zero-order valence-electron chi connectivity index (χ0n) is 7.98. The zero-order valence-corrected chi connectivity index (χ0v) is 7.98. The SMILES string of the molecule is CCC[C@@]1(N(C)C)CCNC1. The Balaban J connectivity index is 2.55. The van der Waals surface area contributed by atoms with Crippen LogP contribution in [0.5, 0.6) is 0 Å². The van der Waals surface area contributed by atoms with Crippen LogP contribution in [-0.2, 0) is 0 Å². The molecule has 0 aromatic carbocycles. The highest BCUT2D eigenvalue weighted by atomic mass is 15.2. The fraction of sp³-hybridized carbons (Fsp3) is 1.00. The molecule has 0 unspecified atom stereocenters. The quantitative estimate of drug-likeness (QED) is 0.658. The molecule has 1 heterocycles. The lowest BCUT2D eigenvalue weighted by Gasteiger charge is -2.35. The smallest absolute Gasteiger partial charge is 0.0339 e. The molecule has 0 bridgehead atoms. The number of hydrogen-bond acceptors (Lipinski definition) is 2. The third-order valence-corrected chi connectivity index (χ3v) is 2.89. The van der Waals surface area contributed by atoms with Gasteiger partial charge in [0.2, 0.25) is 0 Å². The molecule has 0 aliphatic carbocycles. The van der Waals surface area contributed by atoms with Gasteiger partial charge in [0, 0.05) is 12.1 Å². The molecule has 1 fully saturated rings. The average Bonchev–Trinajstić information content (AvgIpc) is 2.38. The molecule has 66 valence electrons.